The van der Waals surface area contributed by atoms with Crippen LogP contribution >= 0.6 is 0 Å². The average Bonchev–Trinajstić information content (AvgIpc) is 3.03. The van der Waals surface area contributed by atoms with Crippen molar-refractivity contribution in [3.8, 4) is 0 Å². The van der Waals surface area contributed by atoms with Crippen LogP contribution in [0.15, 0.2) is 10.9 Å². The third kappa shape index (κ3) is 2.09. The fraction of sp³-hybridized carbons (Fsp3) is 0.583. The van der Waals surface area contributed by atoms with Gasteiger partial charge in [0.1, 0.15) is 11.5 Å². The maximum absolute atomic E-state index is 12.1. The molecule has 0 aromatic carbocycles. The second-order valence-electron chi connectivity index (χ2n) is 4.79. The van der Waals surface area contributed by atoms with Crippen LogP contribution in [0.4, 0.5) is 0 Å². The van der Waals surface area contributed by atoms with E-state index < -0.39 is 0 Å². The van der Waals surface area contributed by atoms with Crippen LogP contribution in [0.5, 0.6) is 0 Å². The van der Waals surface area contributed by atoms with Gasteiger partial charge in [-0.1, -0.05) is 0 Å². The number of aromatic amines is 1. The largest absolute Gasteiger partial charge is 0.337 e. The SMILES string of the molecule is O=C(c1cc(=O)[nH]c(C2CC2)n1)N1CCCC1. The number of hydrogen-bond donors (Lipinski definition) is 1. The number of hydrogen-bond acceptors (Lipinski definition) is 3. The number of aromatic nitrogens is 2. The predicted octanol–water partition coefficient (Wildman–Crippen LogP) is 0.883. The summed E-state index contributed by atoms with van der Waals surface area (Å²) in [7, 11) is 0. The van der Waals surface area contributed by atoms with Gasteiger partial charge in [0.25, 0.3) is 11.5 Å². The van der Waals surface area contributed by atoms with E-state index in [0.29, 0.717) is 17.4 Å². The quantitative estimate of drug-likeness (QED) is 0.824. The van der Waals surface area contributed by atoms with Crippen molar-refractivity contribution in [2.24, 2.45) is 0 Å². The van der Waals surface area contributed by atoms with Crippen LogP contribution in [0.1, 0.15) is 47.9 Å². The lowest BCUT2D eigenvalue weighted by Gasteiger charge is -2.14. The van der Waals surface area contributed by atoms with Crippen molar-refractivity contribution in [3.05, 3.63) is 27.9 Å². The van der Waals surface area contributed by atoms with Gasteiger partial charge in [0, 0.05) is 25.1 Å². The summed E-state index contributed by atoms with van der Waals surface area (Å²) in [6.07, 6.45) is 4.21. The fourth-order valence-corrected chi connectivity index (χ4v) is 2.22. The molecule has 1 aromatic heterocycles. The van der Waals surface area contributed by atoms with E-state index in [-0.39, 0.29) is 11.5 Å². The normalized spacial score (nSPS) is 19.6. The summed E-state index contributed by atoms with van der Waals surface area (Å²) in [4.78, 5) is 32.4. The highest BCUT2D eigenvalue weighted by Gasteiger charge is 2.28. The molecular formula is C12H15N3O2. The van der Waals surface area contributed by atoms with Crippen LogP contribution in [0, 0.1) is 0 Å². The van der Waals surface area contributed by atoms with Gasteiger partial charge in [0.15, 0.2) is 0 Å². The maximum atomic E-state index is 12.1. The number of H-pyrrole nitrogens is 1. The molecular weight excluding hydrogens is 218 g/mol. The molecule has 1 aromatic rings. The zero-order valence-corrected chi connectivity index (χ0v) is 9.61. The van der Waals surface area contributed by atoms with E-state index in [1.54, 1.807) is 4.90 Å². The first kappa shape index (κ1) is 10.5. The Labute approximate surface area is 98.9 Å². The van der Waals surface area contributed by atoms with Crippen LogP contribution in [0.25, 0.3) is 0 Å². The highest BCUT2D eigenvalue weighted by molar-refractivity contribution is 5.92. The predicted molar refractivity (Wildman–Crippen MR) is 62.0 cm³/mol. The van der Waals surface area contributed by atoms with Gasteiger partial charge in [-0.05, 0) is 25.7 Å². The fourth-order valence-electron chi connectivity index (χ4n) is 2.22. The number of nitrogens with one attached hydrogen (secondary N) is 1. The molecule has 0 unspecified atom stereocenters. The maximum Gasteiger partial charge on any atom is 0.272 e. The molecule has 1 N–H and O–H groups in total. The van der Waals surface area contributed by atoms with Gasteiger partial charge in [-0.2, -0.15) is 0 Å². The molecule has 5 nitrogen and oxygen atoms in total. The Morgan fingerprint density at radius 1 is 1.35 bits per heavy atom. The molecule has 0 bridgehead atoms. The number of nitrogens with zero attached hydrogens (tertiary/aromatic N) is 2. The molecule has 0 atom stereocenters. The van der Waals surface area contributed by atoms with Gasteiger partial charge in [-0.3, -0.25) is 9.59 Å². The summed E-state index contributed by atoms with van der Waals surface area (Å²) in [5.41, 5.74) is 0.0852. The lowest BCUT2D eigenvalue weighted by atomic mass is 10.3. The first-order valence-corrected chi connectivity index (χ1v) is 6.14. The van der Waals surface area contributed by atoms with Gasteiger partial charge >= 0.3 is 0 Å². The molecule has 17 heavy (non-hydrogen) atoms. The Kier molecular flexibility index (Phi) is 2.46. The molecule has 3 rings (SSSR count). The van der Waals surface area contributed by atoms with E-state index in [2.05, 4.69) is 9.97 Å². The third-order valence-electron chi connectivity index (χ3n) is 3.34. The summed E-state index contributed by atoms with van der Waals surface area (Å²) in [5.74, 6) is 0.935. The van der Waals surface area contributed by atoms with Crippen LogP contribution in [0.2, 0.25) is 0 Å². The van der Waals surface area contributed by atoms with E-state index in [1.807, 2.05) is 0 Å². The summed E-state index contributed by atoms with van der Waals surface area (Å²) in [6, 6.07) is 1.31. The van der Waals surface area contributed by atoms with Crippen molar-refractivity contribution >= 4 is 5.91 Å². The Hall–Kier alpha value is -1.65. The number of amides is 1. The molecule has 1 saturated heterocycles. The first-order valence-electron chi connectivity index (χ1n) is 6.14. The van der Waals surface area contributed by atoms with Gasteiger partial charge < -0.3 is 9.88 Å². The molecule has 1 saturated carbocycles. The summed E-state index contributed by atoms with van der Waals surface area (Å²) < 4.78 is 0. The Morgan fingerprint density at radius 3 is 2.71 bits per heavy atom. The molecule has 1 aliphatic carbocycles. The van der Waals surface area contributed by atoms with E-state index >= 15 is 0 Å². The molecule has 2 aliphatic rings. The minimum Gasteiger partial charge on any atom is -0.337 e. The molecule has 2 fully saturated rings. The van der Waals surface area contributed by atoms with Crippen molar-refractivity contribution in [2.75, 3.05) is 13.1 Å². The minimum atomic E-state index is -0.218. The van der Waals surface area contributed by atoms with E-state index in [9.17, 15) is 9.59 Å². The number of carbonyl (C=O) groups excluding carboxylic acids is 1. The molecule has 1 amide bonds. The van der Waals surface area contributed by atoms with Crippen LogP contribution in [0.3, 0.4) is 0 Å². The molecule has 1 aliphatic heterocycles. The second-order valence-corrected chi connectivity index (χ2v) is 4.79. The molecule has 0 radical (unpaired) electrons. The topological polar surface area (TPSA) is 66.1 Å². The lowest BCUT2D eigenvalue weighted by Crippen LogP contribution is -2.30. The lowest BCUT2D eigenvalue weighted by molar-refractivity contribution is 0.0786. The van der Waals surface area contributed by atoms with Gasteiger partial charge in [-0.15, -0.1) is 0 Å². The molecule has 5 heteroatoms. The summed E-state index contributed by atoms with van der Waals surface area (Å²) in [5, 5.41) is 0. The summed E-state index contributed by atoms with van der Waals surface area (Å²) >= 11 is 0. The zero-order valence-electron chi connectivity index (χ0n) is 9.61. The highest BCUT2D eigenvalue weighted by Crippen LogP contribution is 2.37. The smallest absolute Gasteiger partial charge is 0.272 e. The summed E-state index contributed by atoms with van der Waals surface area (Å²) in [6.45, 7) is 1.57. The second kappa shape index (κ2) is 3.98. The first-order chi connectivity index (χ1) is 8.24. The molecule has 90 valence electrons. The van der Waals surface area contributed by atoms with Crippen molar-refractivity contribution in [1.82, 2.24) is 14.9 Å². The molecule has 0 spiro atoms. The van der Waals surface area contributed by atoms with E-state index in [0.717, 1.165) is 38.8 Å². The van der Waals surface area contributed by atoms with E-state index in [1.165, 1.54) is 6.07 Å². The highest BCUT2D eigenvalue weighted by atomic mass is 16.2. The van der Waals surface area contributed by atoms with Gasteiger partial charge in [0.05, 0.1) is 0 Å². The van der Waals surface area contributed by atoms with Gasteiger partial charge in [-0.25, -0.2) is 4.98 Å². The van der Waals surface area contributed by atoms with Gasteiger partial charge in [0.2, 0.25) is 0 Å². The van der Waals surface area contributed by atoms with Crippen molar-refractivity contribution in [2.45, 2.75) is 31.6 Å². The Balaban J connectivity index is 1.90. The number of likely N-dealkylation sites (tertiary alicyclic amines) is 1. The molecule has 2 heterocycles. The minimum absolute atomic E-state index is 0.101. The monoisotopic (exact) mass is 233 g/mol. The number of rotatable bonds is 2. The van der Waals surface area contributed by atoms with Crippen LogP contribution in [-0.2, 0) is 0 Å². The van der Waals surface area contributed by atoms with Crippen LogP contribution in [-0.4, -0.2) is 33.9 Å². The standard InChI is InChI=1S/C12H15N3O2/c16-10-7-9(12(17)15-5-1-2-6-15)13-11(14-10)8-3-4-8/h7-8H,1-6H2,(H,13,14,16). The van der Waals surface area contributed by atoms with Crippen LogP contribution < -0.4 is 5.56 Å². The third-order valence-corrected chi connectivity index (χ3v) is 3.34. The Bertz CT molecular complexity index is 499. The van der Waals surface area contributed by atoms with E-state index in [4.69, 9.17) is 0 Å². The van der Waals surface area contributed by atoms with Crippen molar-refractivity contribution in [3.63, 3.8) is 0 Å². The van der Waals surface area contributed by atoms with Crippen molar-refractivity contribution < 1.29 is 4.79 Å². The average molecular weight is 233 g/mol. The van der Waals surface area contributed by atoms with Crippen molar-refractivity contribution in [1.29, 1.82) is 0 Å². The number of carbonyl (C=O) groups is 1. The Morgan fingerprint density at radius 2 is 2.06 bits per heavy atom. The zero-order chi connectivity index (χ0) is 11.8.